The Hall–Kier alpha value is -1.33. The molecular formula is C14H17BFNO2. The van der Waals surface area contributed by atoms with Gasteiger partial charge in [0.1, 0.15) is 5.82 Å². The summed E-state index contributed by atoms with van der Waals surface area (Å²) in [6.07, 6.45) is 1.72. The van der Waals surface area contributed by atoms with E-state index in [0.717, 1.165) is 10.8 Å². The van der Waals surface area contributed by atoms with Crippen molar-refractivity contribution in [3.63, 3.8) is 0 Å². The average molecular weight is 261 g/mol. The highest BCUT2D eigenvalue weighted by Crippen LogP contribution is 2.37. The van der Waals surface area contributed by atoms with Crippen LogP contribution in [-0.4, -0.2) is 23.3 Å². The molecule has 1 saturated heterocycles. The Bertz CT molecular complexity index is 619. The van der Waals surface area contributed by atoms with Crippen molar-refractivity contribution in [1.82, 2.24) is 4.98 Å². The lowest BCUT2D eigenvalue weighted by Crippen LogP contribution is -2.41. The minimum absolute atomic E-state index is 0.264. The lowest BCUT2D eigenvalue weighted by atomic mass is 9.77. The normalized spacial score (nSPS) is 21.2. The smallest absolute Gasteiger partial charge is 0.399 e. The number of aromatic amines is 1. The van der Waals surface area contributed by atoms with Crippen LogP contribution in [0.15, 0.2) is 24.4 Å². The molecular weight excluding hydrogens is 244 g/mol. The number of fused-ring (bicyclic) bond motifs is 1. The largest absolute Gasteiger partial charge is 0.495 e. The molecule has 0 spiro atoms. The zero-order valence-corrected chi connectivity index (χ0v) is 11.6. The molecule has 3 rings (SSSR count). The fourth-order valence-corrected chi connectivity index (χ4v) is 2.32. The highest BCUT2D eigenvalue weighted by atomic mass is 19.1. The summed E-state index contributed by atoms with van der Waals surface area (Å²) in [5.41, 5.74) is 0.562. The van der Waals surface area contributed by atoms with Crippen molar-refractivity contribution in [3.05, 3.63) is 30.2 Å². The molecule has 0 atom stereocenters. The summed E-state index contributed by atoms with van der Waals surface area (Å²) in [5, 5.41) is 0.804. The van der Waals surface area contributed by atoms with Crippen LogP contribution in [0.1, 0.15) is 27.7 Å². The van der Waals surface area contributed by atoms with E-state index in [-0.39, 0.29) is 5.82 Å². The van der Waals surface area contributed by atoms with Gasteiger partial charge in [-0.2, -0.15) is 0 Å². The van der Waals surface area contributed by atoms with Crippen LogP contribution in [0.2, 0.25) is 0 Å². The Morgan fingerprint density at radius 1 is 1.05 bits per heavy atom. The summed E-state index contributed by atoms with van der Waals surface area (Å²) < 4.78 is 25.7. The molecule has 0 aliphatic carbocycles. The summed E-state index contributed by atoms with van der Waals surface area (Å²) >= 11 is 0. The molecule has 0 saturated carbocycles. The van der Waals surface area contributed by atoms with E-state index >= 15 is 0 Å². The SMILES string of the molecule is CC1(C)OB(c2ccc(F)c3[nH]ccc23)OC1(C)C. The Labute approximate surface area is 112 Å². The minimum atomic E-state index is -0.469. The second-order valence-electron chi connectivity index (χ2n) is 5.99. The van der Waals surface area contributed by atoms with E-state index in [0.29, 0.717) is 5.52 Å². The molecule has 1 fully saturated rings. The van der Waals surface area contributed by atoms with Crippen molar-refractivity contribution < 1.29 is 13.7 Å². The van der Waals surface area contributed by atoms with E-state index in [1.54, 1.807) is 12.3 Å². The fraction of sp³-hybridized carbons (Fsp3) is 0.429. The minimum Gasteiger partial charge on any atom is -0.399 e. The average Bonchev–Trinajstić information content (AvgIpc) is 2.84. The van der Waals surface area contributed by atoms with Crippen LogP contribution in [0.4, 0.5) is 4.39 Å². The lowest BCUT2D eigenvalue weighted by molar-refractivity contribution is 0.00578. The van der Waals surface area contributed by atoms with Crippen LogP contribution < -0.4 is 5.46 Å². The summed E-state index contributed by atoms with van der Waals surface area (Å²) in [6.45, 7) is 8.02. The number of nitrogens with one attached hydrogen (secondary N) is 1. The first-order chi connectivity index (χ1) is 8.82. The number of aromatic nitrogens is 1. The van der Waals surface area contributed by atoms with Gasteiger partial charge in [-0.1, -0.05) is 6.07 Å². The van der Waals surface area contributed by atoms with Crippen LogP contribution in [0.5, 0.6) is 0 Å². The molecule has 2 heterocycles. The van der Waals surface area contributed by atoms with Gasteiger partial charge in [0.25, 0.3) is 0 Å². The Morgan fingerprint density at radius 3 is 2.32 bits per heavy atom. The van der Waals surface area contributed by atoms with Crippen LogP contribution in [0.3, 0.4) is 0 Å². The zero-order valence-electron chi connectivity index (χ0n) is 11.6. The van der Waals surface area contributed by atoms with Crippen molar-refractivity contribution >= 4 is 23.5 Å². The van der Waals surface area contributed by atoms with E-state index < -0.39 is 18.3 Å². The van der Waals surface area contributed by atoms with Gasteiger partial charge in [0.2, 0.25) is 0 Å². The number of halogens is 1. The monoisotopic (exact) mass is 261 g/mol. The third kappa shape index (κ3) is 1.80. The summed E-state index contributed by atoms with van der Waals surface area (Å²) in [5.74, 6) is -0.264. The highest BCUT2D eigenvalue weighted by molar-refractivity contribution is 6.65. The van der Waals surface area contributed by atoms with E-state index in [4.69, 9.17) is 9.31 Å². The summed E-state index contributed by atoms with van der Waals surface area (Å²) in [6, 6.07) is 5.02. The summed E-state index contributed by atoms with van der Waals surface area (Å²) in [4.78, 5) is 2.91. The molecule has 19 heavy (non-hydrogen) atoms. The molecule has 3 nitrogen and oxygen atoms in total. The maximum atomic E-state index is 13.7. The molecule has 0 amide bonds. The van der Waals surface area contributed by atoms with E-state index in [2.05, 4.69) is 4.98 Å². The van der Waals surface area contributed by atoms with Crippen molar-refractivity contribution in [2.24, 2.45) is 0 Å². The number of hydrogen-bond acceptors (Lipinski definition) is 2. The van der Waals surface area contributed by atoms with Gasteiger partial charge in [0, 0.05) is 11.6 Å². The van der Waals surface area contributed by atoms with Gasteiger partial charge in [0.15, 0.2) is 0 Å². The molecule has 1 N–H and O–H groups in total. The Balaban J connectivity index is 2.08. The zero-order chi connectivity index (χ0) is 13.8. The molecule has 1 aliphatic heterocycles. The molecule has 1 aromatic heterocycles. The molecule has 1 aliphatic rings. The van der Waals surface area contributed by atoms with Crippen LogP contribution >= 0.6 is 0 Å². The van der Waals surface area contributed by atoms with Gasteiger partial charge >= 0.3 is 7.12 Å². The second-order valence-corrected chi connectivity index (χ2v) is 5.99. The van der Waals surface area contributed by atoms with Crippen molar-refractivity contribution in [2.45, 2.75) is 38.9 Å². The van der Waals surface area contributed by atoms with Crippen LogP contribution in [0.25, 0.3) is 10.9 Å². The Morgan fingerprint density at radius 2 is 1.68 bits per heavy atom. The van der Waals surface area contributed by atoms with Crippen molar-refractivity contribution in [3.8, 4) is 0 Å². The van der Waals surface area contributed by atoms with Gasteiger partial charge in [-0.3, -0.25) is 0 Å². The number of rotatable bonds is 1. The molecule has 5 heteroatoms. The highest BCUT2D eigenvalue weighted by Gasteiger charge is 2.52. The molecule has 0 bridgehead atoms. The van der Waals surface area contributed by atoms with Gasteiger partial charge in [-0.05, 0) is 45.3 Å². The van der Waals surface area contributed by atoms with Crippen LogP contribution in [-0.2, 0) is 9.31 Å². The molecule has 0 radical (unpaired) electrons. The first-order valence-electron chi connectivity index (χ1n) is 6.43. The topological polar surface area (TPSA) is 34.2 Å². The van der Waals surface area contributed by atoms with Gasteiger partial charge in [-0.25, -0.2) is 4.39 Å². The van der Waals surface area contributed by atoms with Crippen LogP contribution in [0, 0.1) is 5.82 Å². The first-order valence-corrected chi connectivity index (χ1v) is 6.43. The maximum Gasteiger partial charge on any atom is 0.495 e. The van der Waals surface area contributed by atoms with E-state index in [1.807, 2.05) is 33.8 Å². The number of hydrogen-bond donors (Lipinski definition) is 1. The Kier molecular flexibility index (Phi) is 2.56. The van der Waals surface area contributed by atoms with Gasteiger partial charge < -0.3 is 14.3 Å². The quantitative estimate of drug-likeness (QED) is 0.800. The number of benzene rings is 1. The van der Waals surface area contributed by atoms with E-state index in [9.17, 15) is 4.39 Å². The standard InChI is InChI=1S/C14H17BFNO2/c1-13(2)14(3,4)19-15(18-13)10-5-6-11(16)12-9(10)7-8-17-12/h5-8,17H,1-4H3. The first kappa shape index (κ1) is 12.7. The third-order valence-electron chi connectivity index (χ3n) is 4.21. The molecule has 1 aromatic carbocycles. The van der Waals surface area contributed by atoms with Crippen molar-refractivity contribution in [1.29, 1.82) is 0 Å². The molecule has 2 aromatic rings. The van der Waals surface area contributed by atoms with Gasteiger partial charge in [0.05, 0.1) is 16.7 Å². The lowest BCUT2D eigenvalue weighted by Gasteiger charge is -2.32. The number of H-pyrrole nitrogens is 1. The molecule has 100 valence electrons. The predicted octanol–water partition coefficient (Wildman–Crippen LogP) is 2.61. The maximum absolute atomic E-state index is 13.7. The van der Waals surface area contributed by atoms with Crippen molar-refractivity contribution in [2.75, 3.05) is 0 Å². The predicted molar refractivity (Wildman–Crippen MR) is 74.0 cm³/mol. The third-order valence-corrected chi connectivity index (χ3v) is 4.21. The van der Waals surface area contributed by atoms with Gasteiger partial charge in [-0.15, -0.1) is 0 Å². The fourth-order valence-electron chi connectivity index (χ4n) is 2.32. The summed E-state index contributed by atoms with van der Waals surface area (Å²) in [7, 11) is -0.469. The van der Waals surface area contributed by atoms with E-state index in [1.165, 1.54) is 6.07 Å². The molecule has 0 unspecified atom stereocenters. The second kappa shape index (κ2) is 3.84.